The first-order chi connectivity index (χ1) is 14.4. The molecule has 1 aliphatic rings. The molecule has 1 N–H and O–H groups in total. The molecule has 0 spiro atoms. The molecule has 6 heteroatoms. The number of aromatic nitrogens is 1. The number of nitrogens with zero attached hydrogens (tertiary/aromatic N) is 2. The van der Waals surface area contributed by atoms with Gasteiger partial charge in [-0.2, -0.15) is 0 Å². The molecule has 1 aliphatic heterocycles. The van der Waals surface area contributed by atoms with Crippen LogP contribution in [-0.4, -0.2) is 22.4 Å². The van der Waals surface area contributed by atoms with Crippen LogP contribution < -0.4 is 10.2 Å². The fourth-order valence-electron chi connectivity index (χ4n) is 3.57. The Morgan fingerprint density at radius 1 is 0.800 bits per heavy atom. The molecule has 2 aromatic carbocycles. The number of carbonyl (C=O) groups excluding carboxylic acids is 3. The van der Waals surface area contributed by atoms with Gasteiger partial charge in [0.15, 0.2) is 0 Å². The predicted octanol–water partition coefficient (Wildman–Crippen LogP) is 4.07. The summed E-state index contributed by atoms with van der Waals surface area (Å²) in [6.07, 6.45) is 3.40. The minimum absolute atomic E-state index is 0.0943. The number of hydrogen-bond acceptors (Lipinski definition) is 3. The van der Waals surface area contributed by atoms with Crippen molar-refractivity contribution in [2.45, 2.75) is 20.8 Å². The monoisotopic (exact) mass is 399 g/mol. The second kappa shape index (κ2) is 7.48. The molecule has 3 aromatic rings. The van der Waals surface area contributed by atoms with E-state index in [0.29, 0.717) is 11.4 Å². The van der Waals surface area contributed by atoms with Gasteiger partial charge in [-0.25, -0.2) is 9.69 Å². The van der Waals surface area contributed by atoms with E-state index in [4.69, 9.17) is 0 Å². The minimum atomic E-state index is -0.749. The van der Waals surface area contributed by atoms with Crippen LogP contribution in [0.1, 0.15) is 22.4 Å². The first kappa shape index (κ1) is 19.4. The number of rotatable bonds is 3. The number of benzene rings is 2. The molecular weight excluding hydrogens is 378 g/mol. The Balaban J connectivity index is 1.79. The van der Waals surface area contributed by atoms with Crippen LogP contribution in [0.5, 0.6) is 0 Å². The molecule has 4 amide bonds. The molecule has 30 heavy (non-hydrogen) atoms. The molecule has 150 valence electrons. The van der Waals surface area contributed by atoms with Crippen LogP contribution in [-0.2, 0) is 9.59 Å². The molecule has 0 atom stereocenters. The number of aryl methyl sites for hydroxylation is 2. The summed E-state index contributed by atoms with van der Waals surface area (Å²) >= 11 is 0. The third-order valence-corrected chi connectivity index (χ3v) is 5.37. The van der Waals surface area contributed by atoms with Crippen LogP contribution in [0.3, 0.4) is 0 Å². The Hall–Kier alpha value is -3.93. The summed E-state index contributed by atoms with van der Waals surface area (Å²) in [4.78, 5) is 39.1. The summed E-state index contributed by atoms with van der Waals surface area (Å²) in [5.74, 6) is -1.35. The van der Waals surface area contributed by atoms with Crippen LogP contribution >= 0.6 is 0 Å². The summed E-state index contributed by atoms with van der Waals surface area (Å²) in [5, 5.41) is 2.28. The van der Waals surface area contributed by atoms with E-state index in [9.17, 15) is 14.4 Å². The number of barbiturate groups is 1. The zero-order valence-corrected chi connectivity index (χ0v) is 17.0. The van der Waals surface area contributed by atoms with E-state index in [1.807, 2.05) is 61.0 Å². The number of urea groups is 1. The molecule has 1 fully saturated rings. The van der Waals surface area contributed by atoms with Crippen molar-refractivity contribution in [2.24, 2.45) is 0 Å². The van der Waals surface area contributed by atoms with Gasteiger partial charge in [0.2, 0.25) is 0 Å². The number of carbonyl (C=O) groups is 3. The summed E-state index contributed by atoms with van der Waals surface area (Å²) in [6, 6.07) is 16.0. The van der Waals surface area contributed by atoms with Crippen LogP contribution in [0.15, 0.2) is 66.4 Å². The zero-order chi connectivity index (χ0) is 21.4. The van der Waals surface area contributed by atoms with E-state index in [1.165, 1.54) is 6.08 Å². The fourth-order valence-corrected chi connectivity index (χ4v) is 3.57. The lowest BCUT2D eigenvalue weighted by Gasteiger charge is -2.27. The topological polar surface area (TPSA) is 71.4 Å². The predicted molar refractivity (Wildman–Crippen MR) is 115 cm³/mol. The molecule has 1 saturated heterocycles. The van der Waals surface area contributed by atoms with Crippen molar-refractivity contribution < 1.29 is 14.4 Å². The molecule has 0 bridgehead atoms. The Kier molecular flexibility index (Phi) is 4.83. The average molecular weight is 399 g/mol. The van der Waals surface area contributed by atoms with Gasteiger partial charge in [0, 0.05) is 17.6 Å². The first-order valence-corrected chi connectivity index (χ1v) is 9.59. The van der Waals surface area contributed by atoms with E-state index >= 15 is 0 Å². The van der Waals surface area contributed by atoms with Crippen molar-refractivity contribution >= 4 is 29.6 Å². The van der Waals surface area contributed by atoms with E-state index in [0.717, 1.165) is 27.3 Å². The zero-order valence-electron chi connectivity index (χ0n) is 17.0. The summed E-state index contributed by atoms with van der Waals surface area (Å²) in [7, 11) is 0. The Labute approximate surface area is 174 Å². The third-order valence-electron chi connectivity index (χ3n) is 5.37. The lowest BCUT2D eigenvalue weighted by Crippen LogP contribution is -2.54. The highest BCUT2D eigenvalue weighted by Gasteiger charge is 2.37. The normalized spacial score (nSPS) is 15.6. The van der Waals surface area contributed by atoms with Crippen molar-refractivity contribution in [3.8, 4) is 5.69 Å². The van der Waals surface area contributed by atoms with Gasteiger partial charge in [-0.1, -0.05) is 30.3 Å². The average Bonchev–Trinajstić information content (AvgIpc) is 3.16. The second-order valence-corrected chi connectivity index (χ2v) is 7.27. The van der Waals surface area contributed by atoms with E-state index in [-0.39, 0.29) is 5.57 Å². The van der Waals surface area contributed by atoms with Crippen molar-refractivity contribution in [1.29, 1.82) is 0 Å². The van der Waals surface area contributed by atoms with E-state index in [2.05, 4.69) is 5.32 Å². The lowest BCUT2D eigenvalue weighted by atomic mass is 10.1. The SMILES string of the molecule is Cc1ccccc1N1C(=O)NC(=O)/C(=C\c2cccn2-c2cccc(C)c2C)C1=O. The van der Waals surface area contributed by atoms with Crippen molar-refractivity contribution in [3.63, 3.8) is 0 Å². The minimum Gasteiger partial charge on any atom is -0.317 e. The molecule has 4 rings (SSSR count). The molecule has 0 unspecified atom stereocenters. The van der Waals surface area contributed by atoms with E-state index in [1.54, 1.807) is 25.1 Å². The van der Waals surface area contributed by atoms with Gasteiger partial charge in [0.05, 0.1) is 5.69 Å². The van der Waals surface area contributed by atoms with Crippen LogP contribution in [0.2, 0.25) is 0 Å². The number of imide groups is 2. The van der Waals surface area contributed by atoms with Crippen molar-refractivity contribution in [1.82, 2.24) is 9.88 Å². The number of anilines is 1. The van der Waals surface area contributed by atoms with Crippen LogP contribution in [0.4, 0.5) is 10.5 Å². The van der Waals surface area contributed by atoms with Gasteiger partial charge in [0.25, 0.3) is 11.8 Å². The van der Waals surface area contributed by atoms with Crippen LogP contribution in [0, 0.1) is 20.8 Å². The number of hydrogen-bond donors (Lipinski definition) is 1. The van der Waals surface area contributed by atoms with Gasteiger partial charge >= 0.3 is 6.03 Å². The van der Waals surface area contributed by atoms with Gasteiger partial charge in [-0.15, -0.1) is 0 Å². The molecule has 0 aliphatic carbocycles. The quantitative estimate of drug-likeness (QED) is 0.533. The fraction of sp³-hybridized carbons (Fsp3) is 0.125. The van der Waals surface area contributed by atoms with Crippen molar-refractivity contribution in [2.75, 3.05) is 4.90 Å². The number of amides is 4. The van der Waals surface area contributed by atoms with Crippen LogP contribution in [0.25, 0.3) is 11.8 Å². The highest BCUT2D eigenvalue weighted by atomic mass is 16.2. The second-order valence-electron chi connectivity index (χ2n) is 7.27. The number of para-hydroxylation sites is 1. The molecule has 0 saturated carbocycles. The maximum atomic E-state index is 13.2. The smallest absolute Gasteiger partial charge is 0.317 e. The Morgan fingerprint density at radius 2 is 1.50 bits per heavy atom. The highest BCUT2D eigenvalue weighted by molar-refractivity contribution is 6.39. The molecule has 1 aromatic heterocycles. The molecular formula is C24H21N3O3. The van der Waals surface area contributed by atoms with Gasteiger partial charge < -0.3 is 4.57 Å². The maximum Gasteiger partial charge on any atom is 0.335 e. The maximum absolute atomic E-state index is 13.2. The van der Waals surface area contributed by atoms with Gasteiger partial charge in [-0.3, -0.25) is 14.9 Å². The Bertz CT molecular complexity index is 1220. The molecule has 2 heterocycles. The standard InChI is InChI=1S/C24H21N3O3/c1-15-9-6-12-21(17(15)3)26-13-7-10-18(26)14-19-22(28)25-24(30)27(23(19)29)20-11-5-4-8-16(20)2/h4-14H,1-3H3,(H,25,28,30)/b19-14+. The van der Waals surface area contributed by atoms with Gasteiger partial charge in [0.1, 0.15) is 5.57 Å². The first-order valence-electron chi connectivity index (χ1n) is 9.59. The van der Waals surface area contributed by atoms with Gasteiger partial charge in [-0.05, 0) is 67.8 Å². The van der Waals surface area contributed by atoms with Crippen molar-refractivity contribution in [3.05, 3.63) is 88.8 Å². The summed E-state index contributed by atoms with van der Waals surface area (Å²) < 4.78 is 1.92. The Morgan fingerprint density at radius 3 is 2.27 bits per heavy atom. The lowest BCUT2D eigenvalue weighted by molar-refractivity contribution is -0.122. The number of nitrogens with one attached hydrogen (secondary N) is 1. The summed E-state index contributed by atoms with van der Waals surface area (Å²) in [6.45, 7) is 5.87. The summed E-state index contributed by atoms with van der Waals surface area (Å²) in [5.41, 5.74) is 4.98. The van der Waals surface area contributed by atoms with E-state index < -0.39 is 17.8 Å². The third kappa shape index (κ3) is 3.22. The highest BCUT2D eigenvalue weighted by Crippen LogP contribution is 2.26. The largest absolute Gasteiger partial charge is 0.335 e. The molecule has 0 radical (unpaired) electrons. The molecule has 6 nitrogen and oxygen atoms in total.